The van der Waals surface area contributed by atoms with E-state index in [0.29, 0.717) is 18.5 Å². The van der Waals surface area contributed by atoms with Gasteiger partial charge in [0, 0.05) is 31.5 Å². The molecule has 4 rings (SSSR count). The minimum absolute atomic E-state index is 0.108. The molecule has 5 nitrogen and oxygen atoms in total. The first-order chi connectivity index (χ1) is 14.0. The highest BCUT2D eigenvalue weighted by Crippen LogP contribution is 2.28. The van der Waals surface area contributed by atoms with Crippen molar-refractivity contribution in [2.24, 2.45) is 0 Å². The van der Waals surface area contributed by atoms with Gasteiger partial charge in [0.25, 0.3) is 5.91 Å². The molecule has 6 heteroatoms. The number of aromatic hydroxyl groups is 1. The molecule has 29 heavy (non-hydrogen) atoms. The zero-order valence-electron chi connectivity index (χ0n) is 15.9. The second-order valence-corrected chi connectivity index (χ2v) is 7.04. The van der Waals surface area contributed by atoms with Crippen molar-refractivity contribution >= 4 is 16.8 Å². The molecular formula is C23H20FN3O2. The van der Waals surface area contributed by atoms with Gasteiger partial charge in [-0.3, -0.25) is 9.89 Å². The summed E-state index contributed by atoms with van der Waals surface area (Å²) in [6.45, 7) is 0.304. The highest BCUT2D eigenvalue weighted by molar-refractivity contribution is 6.01. The molecule has 0 fully saturated rings. The Bertz CT molecular complexity index is 1150. The number of carbonyl (C=O) groups excluding carboxylic acids is 1. The fourth-order valence-electron chi connectivity index (χ4n) is 3.34. The standard InChI is InChI=1S/C23H20FN3O2/c1-27(14-16-7-9-17(24)10-8-16)23(29)19-12-18-20(11-15-5-3-2-4-6-15)25-26-21(18)13-22(19)28/h2-10,12-13,28H,11,14H2,1H3,(H,25,26). The molecule has 4 aromatic rings. The number of phenolic OH excluding ortho intramolecular Hbond substituents is 1. The molecule has 0 bridgehead atoms. The van der Waals surface area contributed by atoms with Crippen LogP contribution in [-0.4, -0.2) is 33.2 Å². The van der Waals surface area contributed by atoms with Crippen LogP contribution in [0.2, 0.25) is 0 Å². The number of amides is 1. The SMILES string of the molecule is CN(Cc1ccc(F)cc1)C(=O)c1cc2c(Cc3ccccc3)n[nH]c2cc1O. The molecule has 0 aliphatic carbocycles. The molecule has 0 saturated carbocycles. The summed E-state index contributed by atoms with van der Waals surface area (Å²) in [6.07, 6.45) is 0.616. The fourth-order valence-corrected chi connectivity index (χ4v) is 3.34. The van der Waals surface area contributed by atoms with Crippen molar-refractivity contribution in [2.75, 3.05) is 7.05 Å². The molecule has 2 N–H and O–H groups in total. The normalized spacial score (nSPS) is 11.0. The van der Waals surface area contributed by atoms with Gasteiger partial charge in [-0.05, 0) is 29.3 Å². The van der Waals surface area contributed by atoms with Crippen LogP contribution in [0.25, 0.3) is 10.9 Å². The Hall–Kier alpha value is -3.67. The van der Waals surface area contributed by atoms with E-state index < -0.39 is 0 Å². The molecule has 1 heterocycles. The van der Waals surface area contributed by atoms with Gasteiger partial charge in [0.1, 0.15) is 11.6 Å². The Balaban J connectivity index is 1.62. The van der Waals surface area contributed by atoms with Crippen molar-refractivity contribution in [3.63, 3.8) is 0 Å². The van der Waals surface area contributed by atoms with Gasteiger partial charge >= 0.3 is 0 Å². The number of aromatic amines is 1. The number of phenols is 1. The highest BCUT2D eigenvalue weighted by atomic mass is 19.1. The van der Waals surface area contributed by atoms with Crippen molar-refractivity contribution in [1.82, 2.24) is 15.1 Å². The molecule has 0 aliphatic rings. The smallest absolute Gasteiger partial charge is 0.257 e. The first kappa shape index (κ1) is 18.7. The van der Waals surface area contributed by atoms with Crippen molar-refractivity contribution in [3.05, 3.63) is 94.9 Å². The van der Waals surface area contributed by atoms with Crippen LogP contribution >= 0.6 is 0 Å². The van der Waals surface area contributed by atoms with E-state index in [0.717, 1.165) is 22.2 Å². The summed E-state index contributed by atoms with van der Waals surface area (Å²) in [7, 11) is 1.65. The average molecular weight is 389 g/mol. The lowest BCUT2D eigenvalue weighted by Crippen LogP contribution is -2.26. The number of hydrogen-bond acceptors (Lipinski definition) is 3. The maximum atomic E-state index is 13.1. The van der Waals surface area contributed by atoms with E-state index in [1.165, 1.54) is 23.1 Å². The zero-order chi connectivity index (χ0) is 20.4. The maximum Gasteiger partial charge on any atom is 0.257 e. The molecule has 0 aliphatic heterocycles. The zero-order valence-corrected chi connectivity index (χ0v) is 15.9. The van der Waals surface area contributed by atoms with Crippen LogP contribution in [0.15, 0.2) is 66.7 Å². The topological polar surface area (TPSA) is 69.2 Å². The van der Waals surface area contributed by atoms with Crippen molar-refractivity contribution in [1.29, 1.82) is 0 Å². The number of hydrogen-bond donors (Lipinski definition) is 2. The molecule has 0 unspecified atom stereocenters. The third-order valence-electron chi connectivity index (χ3n) is 4.88. The highest BCUT2D eigenvalue weighted by Gasteiger charge is 2.19. The summed E-state index contributed by atoms with van der Waals surface area (Å²) in [5, 5.41) is 18.5. The number of nitrogens with zero attached hydrogens (tertiary/aromatic N) is 2. The molecule has 0 atom stereocenters. The summed E-state index contributed by atoms with van der Waals surface area (Å²) in [5.74, 6) is -0.749. The molecular weight excluding hydrogens is 369 g/mol. The summed E-state index contributed by atoms with van der Waals surface area (Å²) < 4.78 is 13.1. The monoisotopic (exact) mass is 389 g/mol. The van der Waals surface area contributed by atoms with Gasteiger partial charge in [-0.25, -0.2) is 4.39 Å². The van der Waals surface area contributed by atoms with Gasteiger partial charge in [-0.1, -0.05) is 42.5 Å². The van der Waals surface area contributed by atoms with Crippen LogP contribution in [0.5, 0.6) is 5.75 Å². The van der Waals surface area contributed by atoms with E-state index in [2.05, 4.69) is 10.2 Å². The first-order valence-electron chi connectivity index (χ1n) is 9.25. The van der Waals surface area contributed by atoms with E-state index in [9.17, 15) is 14.3 Å². The van der Waals surface area contributed by atoms with E-state index in [4.69, 9.17) is 0 Å². The molecule has 146 valence electrons. The third-order valence-corrected chi connectivity index (χ3v) is 4.88. The lowest BCUT2D eigenvalue weighted by atomic mass is 10.0. The Morgan fingerprint density at radius 2 is 1.79 bits per heavy atom. The Labute approximate surface area is 167 Å². The number of benzene rings is 3. The molecule has 0 spiro atoms. The van der Waals surface area contributed by atoms with Gasteiger partial charge in [0.15, 0.2) is 0 Å². The van der Waals surface area contributed by atoms with Crippen molar-refractivity contribution in [2.45, 2.75) is 13.0 Å². The summed E-state index contributed by atoms with van der Waals surface area (Å²) in [4.78, 5) is 14.4. The van der Waals surface area contributed by atoms with Crippen molar-refractivity contribution in [3.8, 4) is 5.75 Å². The summed E-state index contributed by atoms with van der Waals surface area (Å²) in [6, 6.07) is 19.1. The molecule has 1 aromatic heterocycles. The average Bonchev–Trinajstić information content (AvgIpc) is 3.10. The van der Waals surface area contributed by atoms with Gasteiger partial charge in [-0.2, -0.15) is 5.10 Å². The first-order valence-corrected chi connectivity index (χ1v) is 9.25. The Morgan fingerprint density at radius 3 is 2.52 bits per heavy atom. The quantitative estimate of drug-likeness (QED) is 0.536. The predicted octanol–water partition coefficient (Wildman–Crippen LogP) is 4.27. The number of rotatable bonds is 5. The molecule has 3 aromatic carbocycles. The van der Waals surface area contributed by atoms with Gasteiger partial charge in [0.05, 0.1) is 16.8 Å². The Kier molecular flexibility index (Phi) is 4.99. The van der Waals surface area contributed by atoms with Crippen LogP contribution < -0.4 is 0 Å². The lowest BCUT2D eigenvalue weighted by Gasteiger charge is -2.18. The van der Waals surface area contributed by atoms with Crippen LogP contribution in [-0.2, 0) is 13.0 Å². The fraction of sp³-hybridized carbons (Fsp3) is 0.130. The van der Waals surface area contributed by atoms with Crippen LogP contribution in [0, 0.1) is 5.82 Å². The number of halogens is 1. The minimum atomic E-state index is -0.322. The van der Waals surface area contributed by atoms with Gasteiger partial charge < -0.3 is 10.0 Å². The summed E-state index contributed by atoms with van der Waals surface area (Å²) >= 11 is 0. The largest absolute Gasteiger partial charge is 0.507 e. The number of carbonyl (C=O) groups is 1. The molecule has 0 saturated heterocycles. The van der Waals surface area contributed by atoms with E-state index in [-0.39, 0.29) is 23.0 Å². The Morgan fingerprint density at radius 1 is 1.07 bits per heavy atom. The van der Waals surface area contributed by atoms with E-state index >= 15 is 0 Å². The van der Waals surface area contributed by atoms with E-state index in [1.807, 2.05) is 30.3 Å². The second-order valence-electron chi connectivity index (χ2n) is 7.04. The van der Waals surface area contributed by atoms with Crippen LogP contribution in [0.1, 0.15) is 27.2 Å². The van der Waals surface area contributed by atoms with Gasteiger partial charge in [-0.15, -0.1) is 0 Å². The van der Waals surface area contributed by atoms with E-state index in [1.54, 1.807) is 25.2 Å². The minimum Gasteiger partial charge on any atom is -0.507 e. The van der Waals surface area contributed by atoms with Gasteiger partial charge in [0.2, 0.25) is 0 Å². The number of aromatic nitrogens is 2. The molecule has 1 amide bonds. The lowest BCUT2D eigenvalue weighted by molar-refractivity contribution is 0.0782. The molecule has 0 radical (unpaired) electrons. The van der Waals surface area contributed by atoms with Crippen molar-refractivity contribution < 1.29 is 14.3 Å². The third kappa shape index (κ3) is 3.96. The van der Waals surface area contributed by atoms with Crippen LogP contribution in [0.4, 0.5) is 4.39 Å². The number of H-pyrrole nitrogens is 1. The number of fused-ring (bicyclic) bond motifs is 1. The second kappa shape index (κ2) is 7.75. The number of nitrogens with one attached hydrogen (secondary N) is 1. The summed E-state index contributed by atoms with van der Waals surface area (Å²) in [5.41, 5.74) is 3.59. The van der Waals surface area contributed by atoms with Crippen LogP contribution in [0.3, 0.4) is 0 Å². The predicted molar refractivity (Wildman–Crippen MR) is 109 cm³/mol. The maximum absolute atomic E-state index is 13.1.